The topological polar surface area (TPSA) is 34.1 Å². The second-order valence-corrected chi connectivity index (χ2v) is 5.77. The zero-order valence-corrected chi connectivity index (χ0v) is 7.22. The molecule has 0 saturated heterocycles. The molecular weight excluding hydrogens is 272 g/mol. The van der Waals surface area contributed by atoms with E-state index in [2.05, 4.69) is 0 Å². The molecule has 0 heterocycles. The molecule has 0 spiro atoms. The van der Waals surface area contributed by atoms with Crippen LogP contribution in [0.1, 0.15) is 0 Å². The third kappa shape index (κ3) is 14.4. The number of hydrogen-bond acceptors (Lipinski definition) is 2. The molecule has 0 rings (SSSR count). The van der Waals surface area contributed by atoms with Gasteiger partial charge in [0.1, 0.15) is 0 Å². The minimum absolute atomic E-state index is 0.139. The summed E-state index contributed by atoms with van der Waals surface area (Å²) in [7, 11) is 0. The van der Waals surface area contributed by atoms with Crippen LogP contribution in [-0.4, -0.2) is 24.1 Å². The molecule has 0 aromatic rings. The Kier molecular flexibility index (Phi) is 2.45. The van der Waals surface area contributed by atoms with E-state index in [0.717, 1.165) is 0 Å². The molecular formula is H2BiO2P. The second-order valence-electron chi connectivity index (χ2n) is 0.285. The van der Waals surface area contributed by atoms with Crippen molar-refractivity contribution < 1.29 is 9.13 Å². The zero-order valence-electron chi connectivity index (χ0n) is 1.84. The Morgan fingerprint density at radius 2 is 1.50 bits per heavy atom. The van der Waals surface area contributed by atoms with E-state index < -0.39 is 4.97 Å². The Labute approximate surface area is 38.5 Å². The van der Waals surface area contributed by atoms with Crippen molar-refractivity contribution in [2.45, 2.75) is 0 Å². The van der Waals surface area contributed by atoms with Gasteiger partial charge < -0.3 is 0 Å². The average molecular weight is 274 g/mol. The summed E-state index contributed by atoms with van der Waals surface area (Å²) in [6.45, 7) is 0. The maximum absolute atomic E-state index is 9.11. The third-order valence-corrected chi connectivity index (χ3v) is 0. The molecule has 0 aliphatic heterocycles. The molecule has 0 atom stereocenters. The first-order valence-corrected chi connectivity index (χ1v) is 7.89. The summed E-state index contributed by atoms with van der Waals surface area (Å²) in [5, 5.41) is 0. The van der Waals surface area contributed by atoms with Crippen molar-refractivity contribution in [1.29, 1.82) is 0 Å². The van der Waals surface area contributed by atoms with Gasteiger partial charge in [0.05, 0.1) is 0 Å². The first kappa shape index (κ1) is 4.78. The van der Waals surface area contributed by atoms with Gasteiger partial charge in [-0.1, -0.05) is 0 Å². The van der Waals surface area contributed by atoms with Crippen LogP contribution in [0, 0.1) is 0 Å². The van der Waals surface area contributed by atoms with Gasteiger partial charge in [-0.05, 0) is 0 Å². The van der Waals surface area contributed by atoms with Crippen LogP contribution in [0.3, 0.4) is 0 Å². The van der Waals surface area contributed by atoms with Crippen molar-refractivity contribution >= 4 is 29.1 Å². The Hall–Kier alpha value is 0.783. The van der Waals surface area contributed by atoms with Gasteiger partial charge in [0.2, 0.25) is 0 Å². The van der Waals surface area contributed by atoms with Crippen LogP contribution in [0.25, 0.3) is 0 Å². The van der Waals surface area contributed by atoms with E-state index in [1.807, 2.05) is 0 Å². The summed E-state index contributed by atoms with van der Waals surface area (Å²) in [6.07, 6.45) is 0. The molecule has 0 aliphatic rings. The van der Waals surface area contributed by atoms with Crippen molar-refractivity contribution in [2.24, 2.45) is 0 Å². The van der Waals surface area contributed by atoms with Crippen LogP contribution in [0.2, 0.25) is 0 Å². The van der Waals surface area contributed by atoms with E-state index in [0.29, 0.717) is 0 Å². The fourth-order valence-corrected chi connectivity index (χ4v) is 0. The van der Waals surface area contributed by atoms with Gasteiger partial charge in [-0.3, -0.25) is 0 Å². The molecule has 4 heavy (non-hydrogen) atoms. The Morgan fingerprint density at radius 3 is 1.50 bits per heavy atom. The zero-order chi connectivity index (χ0) is 3.58. The van der Waals surface area contributed by atoms with Crippen LogP contribution in [-0.2, 0) is 9.13 Å². The molecule has 0 aromatic heterocycles. The molecule has 0 fully saturated rings. The molecule has 24 valence electrons. The van der Waals surface area contributed by atoms with E-state index in [1.54, 1.807) is 0 Å². The molecule has 0 aliphatic carbocycles. The molecule has 0 N–H and O–H groups in total. The summed E-state index contributed by atoms with van der Waals surface area (Å²) >= 11 is 0.139. The third-order valence-electron chi connectivity index (χ3n) is 0. The molecule has 0 unspecified atom stereocenters. The summed E-state index contributed by atoms with van der Waals surface area (Å²) in [5.41, 5.74) is 0. The average Bonchev–Trinajstić information content (AvgIpc) is 0.811. The van der Waals surface area contributed by atoms with E-state index in [1.165, 1.54) is 0 Å². The first-order chi connectivity index (χ1) is 1.73. The Balaban J connectivity index is 3.51. The van der Waals surface area contributed by atoms with E-state index >= 15 is 0 Å². The van der Waals surface area contributed by atoms with Crippen molar-refractivity contribution in [1.82, 2.24) is 0 Å². The molecule has 2 nitrogen and oxygen atoms in total. The van der Waals surface area contributed by atoms with Gasteiger partial charge in [0.25, 0.3) is 0 Å². The van der Waals surface area contributed by atoms with Gasteiger partial charge in [-0.25, -0.2) is 0 Å². The normalized spacial score (nSPS) is 6.25. The maximum atomic E-state index is 9.11. The molecule has 0 bridgehead atoms. The van der Waals surface area contributed by atoms with Crippen molar-refractivity contribution in [3.05, 3.63) is 0 Å². The van der Waals surface area contributed by atoms with E-state index in [4.69, 9.17) is 9.13 Å². The predicted molar refractivity (Wildman–Crippen MR) is 16.8 cm³/mol. The van der Waals surface area contributed by atoms with Crippen LogP contribution < -0.4 is 0 Å². The van der Waals surface area contributed by atoms with Crippen molar-refractivity contribution in [3.8, 4) is 0 Å². The minimum atomic E-state index is -1.95. The summed E-state index contributed by atoms with van der Waals surface area (Å²) in [6, 6.07) is 0. The molecule has 4 heteroatoms. The molecule has 0 aromatic carbocycles. The predicted octanol–water partition coefficient (Wildman–Crippen LogP) is -0.293. The van der Waals surface area contributed by atoms with E-state index in [-0.39, 0.29) is 24.1 Å². The Bertz CT molecular complexity index is 54.4. The summed E-state index contributed by atoms with van der Waals surface area (Å²) in [5.74, 6) is 0. The van der Waals surface area contributed by atoms with Gasteiger partial charge in [-0.2, -0.15) is 0 Å². The van der Waals surface area contributed by atoms with Crippen LogP contribution in [0.15, 0.2) is 0 Å². The molecule has 0 radical (unpaired) electrons. The number of hydrogen-bond donors (Lipinski definition) is 0. The van der Waals surface area contributed by atoms with Gasteiger partial charge in [0, 0.05) is 0 Å². The van der Waals surface area contributed by atoms with Crippen LogP contribution >= 0.6 is 4.97 Å². The van der Waals surface area contributed by atoms with Crippen LogP contribution in [0.4, 0.5) is 0 Å². The standard InChI is InChI=1S/Bi.O2P.2H/c;1-3-2;;. The van der Waals surface area contributed by atoms with Gasteiger partial charge in [-0.15, -0.1) is 0 Å². The van der Waals surface area contributed by atoms with Crippen molar-refractivity contribution in [2.75, 3.05) is 0 Å². The monoisotopic (exact) mass is 274 g/mol. The summed E-state index contributed by atoms with van der Waals surface area (Å²) in [4.78, 5) is -1.95. The number of rotatable bonds is 0. The quantitative estimate of drug-likeness (QED) is 0.449. The molecule has 0 amide bonds. The van der Waals surface area contributed by atoms with Crippen molar-refractivity contribution in [3.63, 3.8) is 0 Å². The van der Waals surface area contributed by atoms with Gasteiger partial charge >= 0.3 is 38.2 Å². The fourth-order valence-electron chi connectivity index (χ4n) is 0. The first-order valence-electron chi connectivity index (χ1n) is 0.623. The summed E-state index contributed by atoms with van der Waals surface area (Å²) < 4.78 is 18.2. The fraction of sp³-hybridized carbons (Fsp3) is 0. The Morgan fingerprint density at radius 1 is 1.50 bits per heavy atom. The van der Waals surface area contributed by atoms with Crippen LogP contribution in [0.5, 0.6) is 0 Å². The second kappa shape index (κ2) is 2.05. The SMILES string of the molecule is O=[P](=O)[BiH2]. The van der Waals surface area contributed by atoms with E-state index in [9.17, 15) is 0 Å². The molecule has 0 saturated carbocycles. The van der Waals surface area contributed by atoms with Gasteiger partial charge in [0.15, 0.2) is 0 Å².